The maximum atomic E-state index is 15.3. The van der Waals surface area contributed by atoms with Crippen LogP contribution in [0.1, 0.15) is 20.8 Å². The molecule has 0 aromatic heterocycles. The molecule has 0 saturated carbocycles. The van der Waals surface area contributed by atoms with Crippen LogP contribution in [0, 0.1) is 0 Å². The van der Waals surface area contributed by atoms with Crippen LogP contribution in [0.25, 0.3) is 0 Å². The monoisotopic (exact) mass is 354 g/mol. The lowest BCUT2D eigenvalue weighted by molar-refractivity contribution is -0.237. The third-order valence-electron chi connectivity index (χ3n) is 5.31. The van der Waals surface area contributed by atoms with Gasteiger partial charge in [0.15, 0.2) is 11.4 Å². The minimum Gasteiger partial charge on any atom is -0.356 e. The Hall–Kier alpha value is -0.950. The molecular weight excluding hydrogens is 334 g/mol. The summed E-state index contributed by atoms with van der Waals surface area (Å²) >= 11 is 1.36. The first-order valence-electron chi connectivity index (χ1n) is 7.94. The van der Waals surface area contributed by atoms with Crippen molar-refractivity contribution < 1.29 is 23.0 Å². The summed E-state index contributed by atoms with van der Waals surface area (Å²) in [6.07, 6.45) is -1.28. The molecule has 3 fully saturated rings. The highest BCUT2D eigenvalue weighted by Crippen LogP contribution is 2.66. The summed E-state index contributed by atoms with van der Waals surface area (Å²) in [5.41, 5.74) is -2.46. The molecule has 3 aliphatic rings. The number of ether oxygens (including phenoxy) is 3. The topological polar surface area (TPSA) is 27.7 Å². The fraction of sp³-hybridized carbons (Fsp3) is 0.556. The molecule has 3 nitrogen and oxygen atoms in total. The standard InChI is InChI=1S/C18H20F2O3S/c1-11-13(24-12-8-6-5-7-9-12)14-18(19,20)17(16(11,4)22-14)10-21-15(2,3)23-17/h5-9,13-14H,1,10H2,2-4H3/t13-,14-,16+,17-/m1/s1. The van der Waals surface area contributed by atoms with Gasteiger partial charge >= 0.3 is 5.92 Å². The van der Waals surface area contributed by atoms with E-state index in [1.165, 1.54) is 11.8 Å². The second-order valence-electron chi connectivity index (χ2n) is 7.19. The van der Waals surface area contributed by atoms with E-state index in [-0.39, 0.29) is 6.61 Å². The van der Waals surface area contributed by atoms with Crippen LogP contribution in [0.3, 0.4) is 0 Å². The third kappa shape index (κ3) is 1.88. The first kappa shape index (κ1) is 16.5. The minimum atomic E-state index is -3.16. The largest absolute Gasteiger partial charge is 0.356 e. The number of thioether (sulfide) groups is 1. The number of halogens is 2. The summed E-state index contributed by atoms with van der Waals surface area (Å²) in [6, 6.07) is 9.47. The molecule has 6 heteroatoms. The molecule has 1 spiro atoms. The first-order valence-corrected chi connectivity index (χ1v) is 8.82. The lowest BCUT2D eigenvalue weighted by Gasteiger charge is -2.45. The van der Waals surface area contributed by atoms with Crippen LogP contribution in [0.4, 0.5) is 8.78 Å². The summed E-state index contributed by atoms with van der Waals surface area (Å²) in [6.45, 7) is 8.84. The molecule has 0 radical (unpaired) electrons. The van der Waals surface area contributed by atoms with Crippen LogP contribution in [0.15, 0.2) is 47.4 Å². The van der Waals surface area contributed by atoms with E-state index in [1.54, 1.807) is 20.8 Å². The summed E-state index contributed by atoms with van der Waals surface area (Å²) in [5.74, 6) is -4.23. The highest BCUT2D eigenvalue weighted by molar-refractivity contribution is 8.00. The van der Waals surface area contributed by atoms with Crippen molar-refractivity contribution in [2.24, 2.45) is 0 Å². The Morgan fingerprint density at radius 3 is 2.42 bits per heavy atom. The molecule has 4 atom stereocenters. The molecule has 3 saturated heterocycles. The second-order valence-corrected chi connectivity index (χ2v) is 8.40. The van der Waals surface area contributed by atoms with E-state index in [4.69, 9.17) is 14.2 Å². The van der Waals surface area contributed by atoms with E-state index in [0.29, 0.717) is 5.57 Å². The average Bonchev–Trinajstić information content (AvgIpc) is 3.04. The van der Waals surface area contributed by atoms with Gasteiger partial charge in [-0.05, 0) is 38.5 Å². The molecular formula is C18H20F2O3S. The minimum absolute atomic E-state index is 0.207. The Kier molecular flexibility index (Phi) is 3.31. The summed E-state index contributed by atoms with van der Waals surface area (Å²) in [5, 5.41) is -0.523. The number of benzene rings is 1. The van der Waals surface area contributed by atoms with Crippen LogP contribution in [-0.2, 0) is 14.2 Å². The van der Waals surface area contributed by atoms with Crippen LogP contribution in [0.5, 0.6) is 0 Å². The lowest BCUT2D eigenvalue weighted by atomic mass is 9.70. The Labute approximate surface area is 144 Å². The molecule has 4 rings (SSSR count). The number of alkyl halides is 2. The lowest BCUT2D eigenvalue weighted by Crippen LogP contribution is -2.66. The van der Waals surface area contributed by atoms with Gasteiger partial charge in [0.1, 0.15) is 11.7 Å². The SMILES string of the molecule is C=C1[C@@H](Sc2ccccc2)[C@H]2O[C@]1(C)[C@]1(COC(C)(C)O1)C2(F)F. The van der Waals surface area contributed by atoms with Crippen molar-refractivity contribution in [3.05, 3.63) is 42.5 Å². The van der Waals surface area contributed by atoms with Gasteiger partial charge in [0.25, 0.3) is 0 Å². The van der Waals surface area contributed by atoms with Gasteiger partial charge in [0.2, 0.25) is 0 Å². The van der Waals surface area contributed by atoms with Crippen LogP contribution < -0.4 is 0 Å². The molecule has 1 aromatic carbocycles. The Morgan fingerprint density at radius 2 is 1.83 bits per heavy atom. The van der Waals surface area contributed by atoms with Gasteiger partial charge in [0, 0.05) is 4.90 Å². The van der Waals surface area contributed by atoms with E-state index < -0.39 is 34.3 Å². The van der Waals surface area contributed by atoms with Crippen molar-refractivity contribution in [2.75, 3.05) is 6.61 Å². The van der Waals surface area contributed by atoms with E-state index in [2.05, 4.69) is 6.58 Å². The molecule has 1 aromatic rings. The highest BCUT2D eigenvalue weighted by Gasteiger charge is 2.84. The van der Waals surface area contributed by atoms with Gasteiger partial charge in [-0.3, -0.25) is 0 Å². The van der Waals surface area contributed by atoms with Crippen LogP contribution >= 0.6 is 11.8 Å². The maximum absolute atomic E-state index is 15.3. The van der Waals surface area contributed by atoms with Crippen molar-refractivity contribution in [3.63, 3.8) is 0 Å². The summed E-state index contributed by atoms with van der Waals surface area (Å²) < 4.78 is 47.7. The fourth-order valence-corrected chi connectivity index (χ4v) is 5.27. The Bertz CT molecular complexity index is 693. The Balaban J connectivity index is 1.71. The molecule has 0 N–H and O–H groups in total. The van der Waals surface area contributed by atoms with Crippen molar-refractivity contribution in [3.8, 4) is 0 Å². The van der Waals surface area contributed by atoms with Crippen LogP contribution in [-0.4, -0.2) is 40.9 Å². The molecule has 2 bridgehead atoms. The molecule has 0 aliphatic carbocycles. The molecule has 0 unspecified atom stereocenters. The number of hydrogen-bond donors (Lipinski definition) is 0. The molecule has 3 aliphatic heterocycles. The Morgan fingerprint density at radius 1 is 1.17 bits per heavy atom. The van der Waals surface area contributed by atoms with Gasteiger partial charge in [0.05, 0.1) is 11.9 Å². The quantitative estimate of drug-likeness (QED) is 0.750. The predicted octanol–water partition coefficient (Wildman–Crippen LogP) is 4.03. The molecule has 130 valence electrons. The van der Waals surface area contributed by atoms with E-state index in [9.17, 15) is 0 Å². The van der Waals surface area contributed by atoms with Gasteiger partial charge in [-0.15, -0.1) is 11.8 Å². The molecule has 24 heavy (non-hydrogen) atoms. The summed E-state index contributed by atoms with van der Waals surface area (Å²) in [7, 11) is 0. The second kappa shape index (κ2) is 4.81. The van der Waals surface area contributed by atoms with Gasteiger partial charge < -0.3 is 14.2 Å². The predicted molar refractivity (Wildman–Crippen MR) is 87.3 cm³/mol. The van der Waals surface area contributed by atoms with E-state index in [1.807, 2.05) is 30.3 Å². The molecule has 3 heterocycles. The highest BCUT2D eigenvalue weighted by atomic mass is 32.2. The zero-order valence-electron chi connectivity index (χ0n) is 13.8. The van der Waals surface area contributed by atoms with E-state index in [0.717, 1.165) is 4.90 Å². The normalized spacial score (nSPS) is 42.1. The number of hydrogen-bond acceptors (Lipinski definition) is 4. The van der Waals surface area contributed by atoms with Gasteiger partial charge in [-0.1, -0.05) is 24.8 Å². The van der Waals surface area contributed by atoms with Crippen LogP contribution in [0.2, 0.25) is 0 Å². The number of rotatable bonds is 2. The fourth-order valence-electron chi connectivity index (χ4n) is 3.94. The van der Waals surface area contributed by atoms with Crippen molar-refractivity contribution in [2.45, 2.75) is 59.9 Å². The summed E-state index contributed by atoms with van der Waals surface area (Å²) in [4.78, 5) is 0.914. The maximum Gasteiger partial charge on any atom is 0.309 e. The van der Waals surface area contributed by atoms with Gasteiger partial charge in [-0.25, -0.2) is 8.78 Å². The first-order chi connectivity index (χ1) is 11.1. The average molecular weight is 354 g/mol. The smallest absolute Gasteiger partial charge is 0.309 e. The third-order valence-corrected chi connectivity index (χ3v) is 6.64. The van der Waals surface area contributed by atoms with Gasteiger partial charge in [-0.2, -0.15) is 0 Å². The molecule has 0 amide bonds. The van der Waals surface area contributed by atoms with Crippen molar-refractivity contribution in [1.29, 1.82) is 0 Å². The zero-order chi connectivity index (χ0) is 17.4. The zero-order valence-corrected chi connectivity index (χ0v) is 14.7. The van der Waals surface area contributed by atoms with Crippen molar-refractivity contribution >= 4 is 11.8 Å². The van der Waals surface area contributed by atoms with E-state index >= 15 is 8.78 Å². The van der Waals surface area contributed by atoms with Crippen molar-refractivity contribution in [1.82, 2.24) is 0 Å². The number of fused-ring (bicyclic) bond motifs is 3.